The number of aromatic carboxylic acids is 1. The molecular weight excluding hydrogens is 560 g/mol. The van der Waals surface area contributed by atoms with Crippen LogP contribution in [0.25, 0.3) is 22.4 Å². The Kier molecular flexibility index (Phi) is 7.70. The highest BCUT2D eigenvalue weighted by molar-refractivity contribution is 6.36. The van der Waals surface area contributed by atoms with Gasteiger partial charge in [-0.2, -0.15) is 13.2 Å². The summed E-state index contributed by atoms with van der Waals surface area (Å²) in [5, 5.41) is 10.2. The lowest BCUT2D eigenvalue weighted by molar-refractivity contribution is -0.137. The first-order valence-electron chi connectivity index (χ1n) is 12.2. The Morgan fingerprint density at radius 3 is 2.20 bits per heavy atom. The second-order valence-corrected chi connectivity index (χ2v) is 10.1. The fraction of sp³-hybridized carbons (Fsp3) is 0.0968. The Balaban J connectivity index is 1.45. The number of carboxylic acid groups (broad SMARTS) is 1. The number of hydrogen-bond acceptors (Lipinski definition) is 2. The summed E-state index contributed by atoms with van der Waals surface area (Å²) in [6, 6.07) is 24.4. The summed E-state index contributed by atoms with van der Waals surface area (Å²) >= 11 is 12.5. The zero-order valence-electron chi connectivity index (χ0n) is 20.8. The lowest BCUT2D eigenvalue weighted by atomic mass is 10.0. The normalized spacial score (nSPS) is 11.5. The Hall–Kier alpha value is -4.07. The minimum Gasteiger partial charge on any atom is -0.478 e. The van der Waals surface area contributed by atoms with Crippen LogP contribution in [-0.2, 0) is 19.1 Å². The molecule has 5 aromatic rings. The van der Waals surface area contributed by atoms with Gasteiger partial charge >= 0.3 is 12.1 Å². The minimum atomic E-state index is -4.41. The van der Waals surface area contributed by atoms with Gasteiger partial charge in [0, 0.05) is 29.7 Å². The fourth-order valence-corrected chi connectivity index (χ4v) is 4.89. The summed E-state index contributed by atoms with van der Waals surface area (Å²) in [4.78, 5) is 16.1. The Morgan fingerprint density at radius 2 is 1.55 bits per heavy atom. The first-order valence-corrected chi connectivity index (χ1v) is 12.9. The minimum absolute atomic E-state index is 0.198. The van der Waals surface area contributed by atoms with Crippen LogP contribution in [0.1, 0.15) is 32.9 Å². The van der Waals surface area contributed by atoms with Crippen molar-refractivity contribution in [1.29, 1.82) is 0 Å². The predicted octanol–water partition coefficient (Wildman–Crippen LogP) is 8.88. The third kappa shape index (κ3) is 6.22. The van der Waals surface area contributed by atoms with Gasteiger partial charge in [0.1, 0.15) is 5.82 Å². The van der Waals surface area contributed by atoms with Crippen molar-refractivity contribution in [3.05, 3.63) is 135 Å². The molecule has 1 heterocycles. The van der Waals surface area contributed by atoms with Crippen LogP contribution in [0.4, 0.5) is 13.2 Å². The zero-order valence-corrected chi connectivity index (χ0v) is 22.3. The van der Waals surface area contributed by atoms with Gasteiger partial charge in [-0.1, -0.05) is 71.7 Å². The molecule has 1 aromatic heterocycles. The van der Waals surface area contributed by atoms with Crippen LogP contribution in [0, 0.1) is 0 Å². The van der Waals surface area contributed by atoms with Crippen molar-refractivity contribution in [2.45, 2.75) is 19.1 Å². The van der Waals surface area contributed by atoms with Crippen LogP contribution < -0.4 is 0 Å². The summed E-state index contributed by atoms with van der Waals surface area (Å²) in [5.41, 5.74) is 3.82. The number of rotatable bonds is 7. The van der Waals surface area contributed by atoms with E-state index in [4.69, 9.17) is 28.2 Å². The second-order valence-electron chi connectivity index (χ2n) is 9.25. The molecule has 0 radical (unpaired) electrons. The smallest absolute Gasteiger partial charge is 0.416 e. The van der Waals surface area contributed by atoms with Gasteiger partial charge in [-0.15, -0.1) is 0 Å². The Bertz CT molecular complexity index is 1680. The van der Waals surface area contributed by atoms with Crippen LogP contribution in [-0.4, -0.2) is 20.6 Å². The molecule has 0 saturated heterocycles. The van der Waals surface area contributed by atoms with E-state index < -0.39 is 17.7 Å². The van der Waals surface area contributed by atoms with Crippen molar-refractivity contribution >= 4 is 29.2 Å². The van der Waals surface area contributed by atoms with Crippen LogP contribution in [0.3, 0.4) is 0 Å². The second kappa shape index (κ2) is 11.2. The molecule has 0 bridgehead atoms. The predicted molar refractivity (Wildman–Crippen MR) is 150 cm³/mol. The summed E-state index contributed by atoms with van der Waals surface area (Å²) in [5.74, 6) is -0.265. The number of alkyl halides is 3. The molecular formula is C31H21Cl2F3N2O2. The zero-order chi connectivity index (χ0) is 28.4. The lowest BCUT2D eigenvalue weighted by Gasteiger charge is -2.10. The number of halogens is 5. The number of benzene rings is 4. The molecule has 0 saturated carbocycles. The molecule has 4 nitrogen and oxygen atoms in total. The fourth-order valence-electron chi connectivity index (χ4n) is 4.38. The van der Waals surface area contributed by atoms with E-state index in [0.717, 1.165) is 29.1 Å². The average molecular weight is 581 g/mol. The quantitative estimate of drug-likeness (QED) is 0.209. The maximum Gasteiger partial charge on any atom is 0.416 e. The highest BCUT2D eigenvalue weighted by Gasteiger charge is 2.30. The highest BCUT2D eigenvalue weighted by atomic mass is 35.5. The first kappa shape index (κ1) is 27.5. The van der Waals surface area contributed by atoms with E-state index in [1.165, 1.54) is 6.07 Å². The standard InChI is InChI=1S/C31H21Cl2F3N2O2/c32-25-12-13-26(27(33)16-25)28-18-38(17-20-6-10-22(11-7-20)30(39)40)29(37-28)14-19-4-8-21(9-5-19)23-2-1-3-24(15-23)31(34,35)36/h1-13,15-16,18H,14,17H2,(H,39,40). The van der Waals surface area contributed by atoms with Crippen molar-refractivity contribution in [2.75, 3.05) is 0 Å². The van der Waals surface area contributed by atoms with Gasteiger partial charge < -0.3 is 9.67 Å². The van der Waals surface area contributed by atoms with E-state index in [0.29, 0.717) is 45.4 Å². The maximum absolute atomic E-state index is 13.2. The van der Waals surface area contributed by atoms with Crippen molar-refractivity contribution in [3.8, 4) is 22.4 Å². The number of hydrogen-bond donors (Lipinski definition) is 1. The molecule has 0 spiro atoms. The summed E-state index contributed by atoms with van der Waals surface area (Å²) in [6.45, 7) is 0.440. The van der Waals surface area contributed by atoms with Gasteiger partial charge in [0.25, 0.3) is 0 Å². The molecule has 0 unspecified atom stereocenters. The van der Waals surface area contributed by atoms with E-state index in [1.54, 1.807) is 60.7 Å². The summed E-state index contributed by atoms with van der Waals surface area (Å²) in [7, 11) is 0. The molecule has 0 amide bonds. The summed E-state index contributed by atoms with van der Waals surface area (Å²) in [6.07, 6.45) is -2.08. The number of carbonyl (C=O) groups is 1. The number of carboxylic acids is 1. The molecule has 0 aliphatic heterocycles. The molecule has 202 valence electrons. The summed E-state index contributed by atoms with van der Waals surface area (Å²) < 4.78 is 41.4. The highest BCUT2D eigenvalue weighted by Crippen LogP contribution is 2.33. The van der Waals surface area contributed by atoms with Crippen molar-refractivity contribution < 1.29 is 23.1 Å². The molecule has 40 heavy (non-hydrogen) atoms. The topological polar surface area (TPSA) is 55.1 Å². The van der Waals surface area contributed by atoms with E-state index in [1.807, 2.05) is 22.9 Å². The van der Waals surface area contributed by atoms with Gasteiger partial charge in [0.05, 0.1) is 21.8 Å². The molecule has 0 fully saturated rings. The van der Waals surface area contributed by atoms with E-state index in [2.05, 4.69) is 0 Å². The maximum atomic E-state index is 13.2. The SMILES string of the molecule is O=C(O)c1ccc(Cn2cc(-c3ccc(Cl)cc3Cl)nc2Cc2ccc(-c3cccc(C(F)(F)F)c3)cc2)cc1. The molecule has 1 N–H and O–H groups in total. The molecule has 0 aliphatic carbocycles. The first-order chi connectivity index (χ1) is 19.1. The van der Waals surface area contributed by atoms with Gasteiger partial charge in [0.2, 0.25) is 0 Å². The van der Waals surface area contributed by atoms with Crippen LogP contribution in [0.2, 0.25) is 10.0 Å². The molecule has 0 atom stereocenters. The van der Waals surface area contributed by atoms with E-state index >= 15 is 0 Å². The largest absolute Gasteiger partial charge is 0.478 e. The van der Waals surface area contributed by atoms with Crippen molar-refractivity contribution in [2.24, 2.45) is 0 Å². The third-order valence-electron chi connectivity index (χ3n) is 6.46. The third-order valence-corrected chi connectivity index (χ3v) is 7.01. The van der Waals surface area contributed by atoms with Crippen molar-refractivity contribution in [1.82, 2.24) is 9.55 Å². The van der Waals surface area contributed by atoms with Gasteiger partial charge in [-0.25, -0.2) is 9.78 Å². The molecule has 9 heteroatoms. The number of nitrogens with zero attached hydrogens (tertiary/aromatic N) is 2. The van der Waals surface area contributed by atoms with Gasteiger partial charge in [0.15, 0.2) is 0 Å². The lowest BCUT2D eigenvalue weighted by Crippen LogP contribution is -2.06. The van der Waals surface area contributed by atoms with Gasteiger partial charge in [-0.3, -0.25) is 0 Å². The van der Waals surface area contributed by atoms with Crippen LogP contribution in [0.15, 0.2) is 97.2 Å². The average Bonchev–Trinajstić information content (AvgIpc) is 3.30. The van der Waals surface area contributed by atoms with Crippen LogP contribution >= 0.6 is 23.2 Å². The monoisotopic (exact) mass is 580 g/mol. The molecule has 0 aliphatic rings. The van der Waals surface area contributed by atoms with Crippen molar-refractivity contribution in [3.63, 3.8) is 0 Å². The Labute approximate surface area is 238 Å². The Morgan fingerprint density at radius 1 is 0.850 bits per heavy atom. The number of imidazole rings is 1. The number of aromatic nitrogens is 2. The van der Waals surface area contributed by atoms with E-state index in [9.17, 15) is 23.1 Å². The molecule has 4 aromatic carbocycles. The molecule has 5 rings (SSSR count). The van der Waals surface area contributed by atoms with E-state index in [-0.39, 0.29) is 5.56 Å². The van der Waals surface area contributed by atoms with Gasteiger partial charge in [-0.05, 0) is 64.7 Å². The van der Waals surface area contributed by atoms with Crippen LogP contribution in [0.5, 0.6) is 0 Å².